The number of anilines is 1. The van der Waals surface area contributed by atoms with E-state index >= 15 is 0 Å². The lowest BCUT2D eigenvalue weighted by Gasteiger charge is -2.26. The highest BCUT2D eigenvalue weighted by molar-refractivity contribution is 5.97. The highest BCUT2D eigenvalue weighted by Gasteiger charge is 2.27. The third-order valence-electron chi connectivity index (χ3n) is 3.55. The van der Waals surface area contributed by atoms with Crippen molar-refractivity contribution in [2.75, 3.05) is 18.0 Å². The lowest BCUT2D eigenvalue weighted by molar-refractivity contribution is -0.119. The van der Waals surface area contributed by atoms with Crippen LogP contribution in [0, 0.1) is 19.8 Å². The Kier molecular flexibility index (Phi) is 3.71. The van der Waals surface area contributed by atoms with Crippen molar-refractivity contribution in [1.82, 2.24) is 5.32 Å². The molecule has 3 nitrogen and oxygen atoms in total. The SMILES string of the molecule is Cc1ccc(N2CC(C)CNC(C)C2=O)c(C)c1. The second kappa shape index (κ2) is 5.11. The Morgan fingerprint density at radius 1 is 1.28 bits per heavy atom. The Balaban J connectivity index is 2.36. The summed E-state index contributed by atoms with van der Waals surface area (Å²) in [6.07, 6.45) is 0. The molecule has 3 heteroatoms. The van der Waals surface area contributed by atoms with Crippen LogP contribution in [0.25, 0.3) is 0 Å². The summed E-state index contributed by atoms with van der Waals surface area (Å²) in [5.74, 6) is 0.644. The number of benzene rings is 1. The van der Waals surface area contributed by atoms with Gasteiger partial charge < -0.3 is 10.2 Å². The second-order valence-corrected chi connectivity index (χ2v) is 5.47. The first-order valence-corrected chi connectivity index (χ1v) is 6.61. The van der Waals surface area contributed by atoms with Gasteiger partial charge >= 0.3 is 0 Å². The fourth-order valence-electron chi connectivity index (χ4n) is 2.49. The molecule has 1 N–H and O–H groups in total. The molecular weight excluding hydrogens is 224 g/mol. The van der Waals surface area contributed by atoms with Gasteiger partial charge in [-0.25, -0.2) is 0 Å². The van der Waals surface area contributed by atoms with Crippen LogP contribution >= 0.6 is 0 Å². The van der Waals surface area contributed by atoms with E-state index in [-0.39, 0.29) is 11.9 Å². The van der Waals surface area contributed by atoms with E-state index in [1.807, 2.05) is 11.8 Å². The zero-order valence-electron chi connectivity index (χ0n) is 11.7. The summed E-state index contributed by atoms with van der Waals surface area (Å²) >= 11 is 0. The molecule has 0 radical (unpaired) electrons. The van der Waals surface area contributed by atoms with Gasteiger partial charge in [-0.2, -0.15) is 0 Å². The first kappa shape index (κ1) is 13.1. The maximum Gasteiger partial charge on any atom is 0.243 e. The number of nitrogens with zero attached hydrogens (tertiary/aromatic N) is 1. The van der Waals surface area contributed by atoms with Crippen LogP contribution < -0.4 is 10.2 Å². The number of carbonyl (C=O) groups excluding carboxylic acids is 1. The summed E-state index contributed by atoms with van der Waals surface area (Å²) in [7, 11) is 0. The van der Waals surface area contributed by atoms with Gasteiger partial charge in [0.25, 0.3) is 0 Å². The predicted molar refractivity (Wildman–Crippen MR) is 74.9 cm³/mol. The minimum absolute atomic E-state index is 0.101. The molecule has 1 aromatic carbocycles. The molecule has 1 aromatic rings. The third kappa shape index (κ3) is 2.56. The zero-order valence-corrected chi connectivity index (χ0v) is 11.7. The Bertz CT molecular complexity index is 456. The monoisotopic (exact) mass is 246 g/mol. The predicted octanol–water partition coefficient (Wildman–Crippen LogP) is 2.26. The van der Waals surface area contributed by atoms with E-state index in [1.165, 1.54) is 11.1 Å². The van der Waals surface area contributed by atoms with E-state index < -0.39 is 0 Å². The van der Waals surface area contributed by atoms with Gasteiger partial charge in [-0.15, -0.1) is 0 Å². The van der Waals surface area contributed by atoms with E-state index in [0.717, 1.165) is 18.8 Å². The Morgan fingerprint density at radius 3 is 2.67 bits per heavy atom. The van der Waals surface area contributed by atoms with Crippen LogP contribution in [0.2, 0.25) is 0 Å². The van der Waals surface area contributed by atoms with Crippen molar-refractivity contribution in [3.8, 4) is 0 Å². The van der Waals surface area contributed by atoms with E-state index in [0.29, 0.717) is 5.92 Å². The summed E-state index contributed by atoms with van der Waals surface area (Å²) < 4.78 is 0. The van der Waals surface area contributed by atoms with E-state index in [9.17, 15) is 4.79 Å². The molecule has 2 rings (SSSR count). The number of amides is 1. The number of aryl methyl sites for hydroxylation is 2. The third-order valence-corrected chi connectivity index (χ3v) is 3.55. The summed E-state index contributed by atoms with van der Waals surface area (Å²) in [4.78, 5) is 14.3. The van der Waals surface area contributed by atoms with Gasteiger partial charge in [-0.3, -0.25) is 4.79 Å². The molecule has 1 fully saturated rings. The Labute approximate surface area is 109 Å². The van der Waals surface area contributed by atoms with Crippen molar-refractivity contribution in [3.05, 3.63) is 29.3 Å². The molecule has 0 bridgehead atoms. The molecule has 1 aliphatic rings. The smallest absolute Gasteiger partial charge is 0.243 e. The molecule has 98 valence electrons. The quantitative estimate of drug-likeness (QED) is 0.824. The van der Waals surface area contributed by atoms with Crippen molar-refractivity contribution in [2.45, 2.75) is 33.7 Å². The molecule has 2 unspecified atom stereocenters. The van der Waals surface area contributed by atoms with Crippen LogP contribution in [0.1, 0.15) is 25.0 Å². The fraction of sp³-hybridized carbons (Fsp3) is 0.533. The summed E-state index contributed by atoms with van der Waals surface area (Å²) in [5, 5.41) is 3.28. The van der Waals surface area contributed by atoms with Gasteiger partial charge in [0.05, 0.1) is 6.04 Å². The van der Waals surface area contributed by atoms with Crippen LogP contribution in [0.4, 0.5) is 5.69 Å². The standard InChI is InChI=1S/C15H22N2O/c1-10-5-6-14(12(3)7-10)17-9-11(2)8-16-13(4)15(17)18/h5-7,11,13,16H,8-9H2,1-4H3. The number of carbonyl (C=O) groups is 1. The van der Waals surface area contributed by atoms with Crippen molar-refractivity contribution in [1.29, 1.82) is 0 Å². The fourth-order valence-corrected chi connectivity index (χ4v) is 2.49. The van der Waals surface area contributed by atoms with Crippen LogP contribution in [0.5, 0.6) is 0 Å². The van der Waals surface area contributed by atoms with Crippen LogP contribution in [0.3, 0.4) is 0 Å². The first-order valence-electron chi connectivity index (χ1n) is 6.61. The summed E-state index contributed by atoms with van der Waals surface area (Å²) in [6.45, 7) is 9.96. The molecule has 2 atom stereocenters. The number of nitrogens with one attached hydrogen (secondary N) is 1. The Hall–Kier alpha value is -1.35. The summed E-state index contributed by atoms with van der Waals surface area (Å²) in [6, 6.07) is 6.17. The minimum atomic E-state index is -0.101. The van der Waals surface area contributed by atoms with Crippen LogP contribution in [0.15, 0.2) is 18.2 Å². The average Bonchev–Trinajstić information content (AvgIpc) is 2.43. The molecule has 0 spiro atoms. The molecule has 1 saturated heterocycles. The molecule has 0 aromatic heterocycles. The first-order chi connectivity index (χ1) is 8.49. The van der Waals surface area contributed by atoms with Crippen molar-refractivity contribution in [2.24, 2.45) is 5.92 Å². The minimum Gasteiger partial charge on any atom is -0.311 e. The topological polar surface area (TPSA) is 32.3 Å². The molecular formula is C15H22N2O. The normalized spacial score (nSPS) is 25.1. The Morgan fingerprint density at radius 2 is 2.00 bits per heavy atom. The van der Waals surface area contributed by atoms with Crippen LogP contribution in [-0.2, 0) is 4.79 Å². The van der Waals surface area contributed by atoms with Gasteiger partial charge in [0.2, 0.25) is 5.91 Å². The van der Waals surface area contributed by atoms with E-state index in [1.54, 1.807) is 0 Å². The molecule has 1 heterocycles. The van der Waals surface area contributed by atoms with Crippen molar-refractivity contribution >= 4 is 11.6 Å². The number of rotatable bonds is 1. The molecule has 1 amide bonds. The molecule has 0 aliphatic carbocycles. The number of hydrogen-bond acceptors (Lipinski definition) is 2. The van der Waals surface area contributed by atoms with Crippen molar-refractivity contribution in [3.63, 3.8) is 0 Å². The van der Waals surface area contributed by atoms with E-state index in [4.69, 9.17) is 0 Å². The maximum atomic E-state index is 12.4. The second-order valence-electron chi connectivity index (χ2n) is 5.47. The lowest BCUT2D eigenvalue weighted by atomic mass is 10.1. The highest BCUT2D eigenvalue weighted by Crippen LogP contribution is 2.24. The van der Waals surface area contributed by atoms with Crippen LogP contribution in [-0.4, -0.2) is 25.0 Å². The number of hydrogen-bond donors (Lipinski definition) is 1. The highest BCUT2D eigenvalue weighted by atomic mass is 16.2. The zero-order chi connectivity index (χ0) is 13.3. The summed E-state index contributed by atoms with van der Waals surface area (Å²) in [5.41, 5.74) is 3.45. The lowest BCUT2D eigenvalue weighted by Crippen LogP contribution is -2.42. The largest absolute Gasteiger partial charge is 0.311 e. The molecule has 18 heavy (non-hydrogen) atoms. The van der Waals surface area contributed by atoms with Gasteiger partial charge in [-0.05, 0) is 38.3 Å². The average molecular weight is 246 g/mol. The van der Waals surface area contributed by atoms with E-state index in [2.05, 4.69) is 44.3 Å². The van der Waals surface area contributed by atoms with Gasteiger partial charge in [0.15, 0.2) is 0 Å². The molecule has 1 aliphatic heterocycles. The molecule has 0 saturated carbocycles. The maximum absolute atomic E-state index is 12.4. The van der Waals surface area contributed by atoms with Gasteiger partial charge in [-0.1, -0.05) is 24.6 Å². The van der Waals surface area contributed by atoms with Crippen molar-refractivity contribution < 1.29 is 4.79 Å². The van der Waals surface area contributed by atoms with Gasteiger partial charge in [0, 0.05) is 18.8 Å². The van der Waals surface area contributed by atoms with Gasteiger partial charge in [0.1, 0.15) is 0 Å².